The quantitative estimate of drug-likeness (QED) is 0.500. The predicted octanol–water partition coefficient (Wildman–Crippen LogP) is 2.81. The maximum absolute atomic E-state index is 13.3. The highest BCUT2D eigenvalue weighted by atomic mass is 16.1. The average molecular weight is 428 g/mol. The molecule has 32 heavy (non-hydrogen) atoms. The molecule has 7 nitrogen and oxygen atoms in total. The summed E-state index contributed by atoms with van der Waals surface area (Å²) >= 11 is 0. The van der Waals surface area contributed by atoms with Gasteiger partial charge in [-0.05, 0) is 49.0 Å². The number of piperidine rings is 1. The lowest BCUT2D eigenvalue weighted by Crippen LogP contribution is -2.37. The van der Waals surface area contributed by atoms with E-state index in [2.05, 4.69) is 34.5 Å². The minimum absolute atomic E-state index is 0.123. The number of nitriles is 1. The van der Waals surface area contributed by atoms with Crippen LogP contribution < -0.4 is 15.8 Å². The Morgan fingerprint density at radius 1 is 1.19 bits per heavy atom. The molecule has 3 aromatic rings. The van der Waals surface area contributed by atoms with Gasteiger partial charge in [0, 0.05) is 26.3 Å². The average Bonchev–Trinajstić information content (AvgIpc) is 2.84. The van der Waals surface area contributed by atoms with E-state index in [9.17, 15) is 14.9 Å². The fourth-order valence-electron chi connectivity index (χ4n) is 4.18. The second-order valence-electron chi connectivity index (χ2n) is 7.95. The molecule has 0 bridgehead atoms. The summed E-state index contributed by atoms with van der Waals surface area (Å²) in [6, 6.07) is 17.7. The summed E-state index contributed by atoms with van der Waals surface area (Å²) in [5, 5.41) is 11.9. The van der Waals surface area contributed by atoms with Crippen molar-refractivity contribution in [2.75, 3.05) is 25.0 Å². The predicted molar refractivity (Wildman–Crippen MR) is 124 cm³/mol. The van der Waals surface area contributed by atoms with Crippen LogP contribution >= 0.6 is 0 Å². The molecule has 0 spiro atoms. The standard InChI is InChI=1S/C25H25N5O2/c1-27-24(31)20(17-26)16-21-23(28-22-9-5-6-12-30(22)25(21)32)29-13-10-19(11-14-29)15-18-7-3-2-4-8-18/h2-9,12,16,19H,10-11,13-15H2,1H3,(H,27,31)/b20-16+. The maximum atomic E-state index is 13.3. The summed E-state index contributed by atoms with van der Waals surface area (Å²) in [5.74, 6) is 0.559. The van der Waals surface area contributed by atoms with E-state index in [4.69, 9.17) is 4.98 Å². The zero-order chi connectivity index (χ0) is 22.5. The van der Waals surface area contributed by atoms with Gasteiger partial charge in [0.05, 0.1) is 5.56 Å². The number of aromatic nitrogens is 2. The summed E-state index contributed by atoms with van der Waals surface area (Å²) in [6.07, 6.45) is 6.00. The molecule has 3 heterocycles. The number of hydrogen-bond acceptors (Lipinski definition) is 5. The Balaban J connectivity index is 1.67. The lowest BCUT2D eigenvalue weighted by molar-refractivity contribution is -0.116. The minimum atomic E-state index is -0.530. The highest BCUT2D eigenvalue weighted by Gasteiger charge is 2.24. The number of nitrogens with zero attached hydrogens (tertiary/aromatic N) is 4. The second-order valence-corrected chi connectivity index (χ2v) is 7.95. The summed E-state index contributed by atoms with van der Waals surface area (Å²) in [5.41, 5.74) is 1.71. The molecule has 0 radical (unpaired) electrons. The number of carbonyl (C=O) groups excluding carboxylic acids is 1. The Bertz CT molecular complexity index is 1250. The van der Waals surface area contributed by atoms with E-state index >= 15 is 0 Å². The van der Waals surface area contributed by atoms with Crippen molar-refractivity contribution in [2.24, 2.45) is 5.92 Å². The third-order valence-electron chi connectivity index (χ3n) is 5.91. The third kappa shape index (κ3) is 4.40. The Morgan fingerprint density at radius 3 is 2.59 bits per heavy atom. The molecule has 1 aliphatic heterocycles. The number of anilines is 1. The first-order valence-corrected chi connectivity index (χ1v) is 10.7. The van der Waals surface area contributed by atoms with Crippen LogP contribution in [-0.2, 0) is 11.2 Å². The number of rotatable bonds is 5. The van der Waals surface area contributed by atoms with Crippen LogP contribution in [0.4, 0.5) is 5.82 Å². The molecule has 1 aromatic carbocycles. The van der Waals surface area contributed by atoms with Crippen LogP contribution in [-0.4, -0.2) is 35.4 Å². The molecule has 2 aromatic heterocycles. The van der Waals surface area contributed by atoms with Gasteiger partial charge in [-0.15, -0.1) is 0 Å². The van der Waals surface area contributed by atoms with E-state index in [1.54, 1.807) is 18.3 Å². The summed E-state index contributed by atoms with van der Waals surface area (Å²) in [4.78, 5) is 32.2. The number of fused-ring (bicyclic) bond motifs is 1. The van der Waals surface area contributed by atoms with Crippen molar-refractivity contribution in [2.45, 2.75) is 19.3 Å². The molecular weight excluding hydrogens is 402 g/mol. The first-order chi connectivity index (χ1) is 15.6. The van der Waals surface area contributed by atoms with Gasteiger partial charge >= 0.3 is 0 Å². The fraction of sp³-hybridized carbons (Fsp3) is 0.280. The molecule has 0 aliphatic carbocycles. The maximum Gasteiger partial charge on any atom is 0.267 e. The van der Waals surface area contributed by atoms with Crippen LogP contribution in [0.2, 0.25) is 0 Å². The molecule has 1 saturated heterocycles. The SMILES string of the molecule is CNC(=O)/C(C#N)=C/c1c(N2CCC(Cc3ccccc3)CC2)nc2ccccn2c1=O. The van der Waals surface area contributed by atoms with Crippen LogP contribution in [0, 0.1) is 17.2 Å². The van der Waals surface area contributed by atoms with Crippen molar-refractivity contribution in [1.82, 2.24) is 14.7 Å². The Hall–Kier alpha value is -3.92. The number of hydrogen-bond donors (Lipinski definition) is 1. The molecular formula is C25H25N5O2. The van der Waals surface area contributed by atoms with E-state index in [0.717, 1.165) is 32.4 Å². The van der Waals surface area contributed by atoms with E-state index in [0.29, 0.717) is 17.4 Å². The van der Waals surface area contributed by atoms with E-state index in [1.807, 2.05) is 18.2 Å². The molecule has 162 valence electrons. The fourth-order valence-corrected chi connectivity index (χ4v) is 4.18. The lowest BCUT2D eigenvalue weighted by Gasteiger charge is -2.33. The molecule has 1 aliphatic rings. The van der Waals surface area contributed by atoms with Crippen LogP contribution in [0.25, 0.3) is 11.7 Å². The smallest absolute Gasteiger partial charge is 0.267 e. The molecule has 0 saturated carbocycles. The van der Waals surface area contributed by atoms with Gasteiger partial charge < -0.3 is 10.2 Å². The van der Waals surface area contributed by atoms with Gasteiger partial charge in [0.1, 0.15) is 23.1 Å². The lowest BCUT2D eigenvalue weighted by atomic mass is 9.90. The van der Waals surface area contributed by atoms with Crippen molar-refractivity contribution in [3.8, 4) is 6.07 Å². The molecule has 0 unspecified atom stereocenters. The van der Waals surface area contributed by atoms with Crippen LogP contribution in [0.1, 0.15) is 24.0 Å². The zero-order valence-electron chi connectivity index (χ0n) is 18.0. The van der Waals surface area contributed by atoms with Crippen molar-refractivity contribution in [1.29, 1.82) is 5.26 Å². The van der Waals surface area contributed by atoms with Crippen molar-refractivity contribution in [3.05, 3.63) is 81.8 Å². The number of carbonyl (C=O) groups is 1. The minimum Gasteiger partial charge on any atom is -0.356 e. The van der Waals surface area contributed by atoms with Gasteiger partial charge in [0.25, 0.3) is 11.5 Å². The summed E-state index contributed by atoms with van der Waals surface area (Å²) < 4.78 is 1.44. The highest BCUT2D eigenvalue weighted by Crippen LogP contribution is 2.27. The van der Waals surface area contributed by atoms with Gasteiger partial charge in [-0.3, -0.25) is 14.0 Å². The number of likely N-dealkylation sites (N-methyl/N-ethyl adjacent to an activating group) is 1. The molecule has 4 rings (SSSR count). The first-order valence-electron chi connectivity index (χ1n) is 10.7. The van der Waals surface area contributed by atoms with Crippen LogP contribution in [0.15, 0.2) is 65.1 Å². The van der Waals surface area contributed by atoms with E-state index in [-0.39, 0.29) is 16.7 Å². The largest absolute Gasteiger partial charge is 0.356 e. The topological polar surface area (TPSA) is 90.5 Å². The molecule has 1 N–H and O–H groups in total. The normalized spacial score (nSPS) is 14.9. The van der Waals surface area contributed by atoms with Gasteiger partial charge in [0.15, 0.2) is 0 Å². The van der Waals surface area contributed by atoms with Crippen LogP contribution in [0.3, 0.4) is 0 Å². The van der Waals surface area contributed by atoms with Gasteiger partial charge in [-0.2, -0.15) is 5.26 Å². The number of pyridine rings is 1. The third-order valence-corrected chi connectivity index (χ3v) is 5.91. The molecule has 7 heteroatoms. The number of amides is 1. The Kier molecular flexibility index (Phi) is 6.31. The van der Waals surface area contributed by atoms with Gasteiger partial charge in [0.2, 0.25) is 0 Å². The molecule has 0 atom stereocenters. The van der Waals surface area contributed by atoms with E-state index in [1.165, 1.54) is 23.1 Å². The van der Waals surface area contributed by atoms with Crippen molar-refractivity contribution in [3.63, 3.8) is 0 Å². The Morgan fingerprint density at radius 2 is 1.91 bits per heavy atom. The zero-order valence-corrected chi connectivity index (χ0v) is 18.0. The number of benzene rings is 1. The van der Waals surface area contributed by atoms with Gasteiger partial charge in [-0.25, -0.2) is 4.98 Å². The first kappa shape index (κ1) is 21.3. The summed E-state index contributed by atoms with van der Waals surface area (Å²) in [7, 11) is 1.46. The molecule has 1 fully saturated rings. The number of nitrogens with one attached hydrogen (secondary N) is 1. The molecule has 1 amide bonds. The van der Waals surface area contributed by atoms with Crippen molar-refractivity contribution >= 4 is 23.4 Å². The van der Waals surface area contributed by atoms with Crippen LogP contribution in [0.5, 0.6) is 0 Å². The van der Waals surface area contributed by atoms with Crippen molar-refractivity contribution < 1.29 is 4.79 Å². The highest BCUT2D eigenvalue weighted by molar-refractivity contribution is 6.02. The summed E-state index contributed by atoms with van der Waals surface area (Å²) in [6.45, 7) is 1.52. The van der Waals surface area contributed by atoms with E-state index < -0.39 is 5.91 Å². The second kappa shape index (κ2) is 9.48. The Labute approximate surface area is 186 Å². The van der Waals surface area contributed by atoms with Gasteiger partial charge in [-0.1, -0.05) is 36.4 Å². The monoisotopic (exact) mass is 427 g/mol.